The lowest BCUT2D eigenvalue weighted by atomic mass is 10.2. The Bertz CT molecular complexity index is 210. The smallest absolute Gasteiger partial charge is 0.208 e. The van der Waals surface area contributed by atoms with Crippen molar-refractivity contribution in [2.24, 2.45) is 0 Å². The number of nitrogens with zero attached hydrogens (tertiary/aromatic N) is 1. The predicted octanol–water partition coefficient (Wildman–Crippen LogP) is 2.13. The Morgan fingerprint density at radius 2 is 2.31 bits per heavy atom. The Morgan fingerprint density at radius 3 is 3.00 bits per heavy atom. The zero-order valence-electron chi connectivity index (χ0n) is 8.47. The summed E-state index contributed by atoms with van der Waals surface area (Å²) in [6, 6.07) is 0. The Morgan fingerprint density at radius 1 is 1.46 bits per heavy atom. The van der Waals surface area contributed by atoms with Gasteiger partial charge in [-0.15, -0.1) is 0 Å². The van der Waals surface area contributed by atoms with Crippen LogP contribution < -0.4 is 5.32 Å². The molecule has 0 bridgehead atoms. The Labute approximate surface area is 79.5 Å². The summed E-state index contributed by atoms with van der Waals surface area (Å²) in [4.78, 5) is 4.18. The summed E-state index contributed by atoms with van der Waals surface area (Å²) in [7, 11) is 0. The summed E-state index contributed by atoms with van der Waals surface area (Å²) in [6.45, 7) is 5.94. The molecule has 0 radical (unpaired) electrons. The second-order valence-corrected chi connectivity index (χ2v) is 3.10. The number of hydrogen-bond donors (Lipinski definition) is 1. The summed E-state index contributed by atoms with van der Waals surface area (Å²) in [5.41, 5.74) is 0. The highest BCUT2D eigenvalue weighted by Crippen LogP contribution is 2.07. The Hall–Kier alpha value is -0.830. The van der Waals surface area contributed by atoms with Crippen LogP contribution in [-0.4, -0.2) is 11.5 Å². The molecule has 3 nitrogen and oxygen atoms in total. The quantitative estimate of drug-likeness (QED) is 0.732. The van der Waals surface area contributed by atoms with Crippen molar-refractivity contribution in [3.05, 3.63) is 17.8 Å². The van der Waals surface area contributed by atoms with E-state index >= 15 is 0 Å². The first kappa shape index (κ1) is 10.3. The molecule has 0 unspecified atom stereocenters. The summed E-state index contributed by atoms with van der Waals surface area (Å²) in [5, 5.41) is 3.18. The highest BCUT2D eigenvalue weighted by molar-refractivity contribution is 4.94. The molecule has 1 aromatic heterocycles. The first-order chi connectivity index (χ1) is 6.36. The minimum absolute atomic E-state index is 0.739. The summed E-state index contributed by atoms with van der Waals surface area (Å²) < 4.78 is 5.51. The van der Waals surface area contributed by atoms with E-state index in [1.54, 1.807) is 0 Å². The number of aromatic nitrogens is 1. The molecule has 1 rings (SSSR count). The second-order valence-electron chi connectivity index (χ2n) is 3.10. The van der Waals surface area contributed by atoms with Gasteiger partial charge in [0, 0.05) is 6.42 Å². The summed E-state index contributed by atoms with van der Waals surface area (Å²) >= 11 is 0. The van der Waals surface area contributed by atoms with Crippen LogP contribution in [0.4, 0.5) is 0 Å². The lowest BCUT2D eigenvalue weighted by Crippen LogP contribution is -2.11. The van der Waals surface area contributed by atoms with Crippen LogP contribution in [0.3, 0.4) is 0 Å². The van der Waals surface area contributed by atoms with Gasteiger partial charge in [-0.2, -0.15) is 0 Å². The standard InChI is InChI=1S/C10H18N2O/c1-3-5-6-9-7-12-10(13-9)8-11-4-2/h7,11H,3-6,8H2,1-2H3. The topological polar surface area (TPSA) is 38.1 Å². The zero-order valence-corrected chi connectivity index (χ0v) is 8.47. The van der Waals surface area contributed by atoms with Crippen molar-refractivity contribution < 1.29 is 4.42 Å². The van der Waals surface area contributed by atoms with Gasteiger partial charge >= 0.3 is 0 Å². The van der Waals surface area contributed by atoms with Gasteiger partial charge in [-0.3, -0.25) is 0 Å². The van der Waals surface area contributed by atoms with E-state index in [0.29, 0.717) is 0 Å². The molecule has 1 aromatic rings. The van der Waals surface area contributed by atoms with E-state index in [4.69, 9.17) is 4.42 Å². The van der Waals surface area contributed by atoms with Crippen LogP contribution in [0.1, 0.15) is 38.3 Å². The highest BCUT2D eigenvalue weighted by Gasteiger charge is 2.01. The normalized spacial score (nSPS) is 10.6. The number of unbranched alkanes of at least 4 members (excludes halogenated alkanes) is 1. The van der Waals surface area contributed by atoms with Crippen molar-refractivity contribution in [3.63, 3.8) is 0 Å². The van der Waals surface area contributed by atoms with Gasteiger partial charge in [-0.25, -0.2) is 4.98 Å². The third kappa shape index (κ3) is 3.59. The van der Waals surface area contributed by atoms with Crippen LogP contribution in [-0.2, 0) is 13.0 Å². The lowest BCUT2D eigenvalue weighted by Gasteiger charge is -1.95. The fourth-order valence-corrected chi connectivity index (χ4v) is 1.13. The number of hydrogen-bond acceptors (Lipinski definition) is 3. The molecule has 0 aromatic carbocycles. The Balaban J connectivity index is 2.34. The largest absolute Gasteiger partial charge is 0.444 e. The van der Waals surface area contributed by atoms with E-state index in [1.807, 2.05) is 6.20 Å². The third-order valence-corrected chi connectivity index (χ3v) is 1.90. The van der Waals surface area contributed by atoms with Gasteiger partial charge in [0.2, 0.25) is 5.89 Å². The highest BCUT2D eigenvalue weighted by atomic mass is 16.4. The maximum absolute atomic E-state index is 5.51. The molecule has 0 spiro atoms. The maximum Gasteiger partial charge on any atom is 0.208 e. The van der Waals surface area contributed by atoms with Crippen molar-refractivity contribution in [2.75, 3.05) is 6.54 Å². The maximum atomic E-state index is 5.51. The predicted molar refractivity (Wildman–Crippen MR) is 52.5 cm³/mol. The van der Waals surface area contributed by atoms with Crippen molar-refractivity contribution in [1.82, 2.24) is 10.3 Å². The van der Waals surface area contributed by atoms with E-state index in [2.05, 4.69) is 24.1 Å². The minimum Gasteiger partial charge on any atom is -0.444 e. The number of oxazole rings is 1. The molecule has 3 heteroatoms. The van der Waals surface area contributed by atoms with Crippen molar-refractivity contribution in [2.45, 2.75) is 39.7 Å². The molecule has 0 fully saturated rings. The van der Waals surface area contributed by atoms with Crippen molar-refractivity contribution >= 4 is 0 Å². The van der Waals surface area contributed by atoms with Gasteiger partial charge in [0.1, 0.15) is 5.76 Å². The molecule has 0 aliphatic heterocycles. The summed E-state index contributed by atoms with van der Waals surface area (Å²) in [6.07, 6.45) is 5.22. The average molecular weight is 182 g/mol. The molecule has 1 heterocycles. The first-order valence-corrected chi connectivity index (χ1v) is 5.01. The molecule has 0 saturated heterocycles. The molecule has 0 aliphatic carbocycles. The molecule has 0 saturated carbocycles. The molecule has 0 atom stereocenters. The van der Waals surface area contributed by atoms with Gasteiger partial charge in [-0.1, -0.05) is 20.3 Å². The van der Waals surface area contributed by atoms with Gasteiger partial charge in [0.05, 0.1) is 12.7 Å². The zero-order chi connectivity index (χ0) is 9.52. The van der Waals surface area contributed by atoms with Crippen LogP contribution in [0.2, 0.25) is 0 Å². The van der Waals surface area contributed by atoms with Crippen LogP contribution >= 0.6 is 0 Å². The van der Waals surface area contributed by atoms with Crippen LogP contribution in [0, 0.1) is 0 Å². The number of rotatable bonds is 6. The number of nitrogens with one attached hydrogen (secondary N) is 1. The third-order valence-electron chi connectivity index (χ3n) is 1.90. The molecule has 1 N–H and O–H groups in total. The molecule has 0 aliphatic rings. The number of aryl methyl sites for hydroxylation is 1. The monoisotopic (exact) mass is 182 g/mol. The molecule has 13 heavy (non-hydrogen) atoms. The molecular formula is C10H18N2O. The average Bonchev–Trinajstić information content (AvgIpc) is 2.59. The summed E-state index contributed by atoms with van der Waals surface area (Å²) in [5.74, 6) is 1.81. The molecule has 0 amide bonds. The fraction of sp³-hybridized carbons (Fsp3) is 0.700. The van der Waals surface area contributed by atoms with Crippen molar-refractivity contribution in [3.8, 4) is 0 Å². The molecule has 74 valence electrons. The van der Waals surface area contributed by atoms with Crippen LogP contribution in [0.15, 0.2) is 10.6 Å². The van der Waals surface area contributed by atoms with Gasteiger partial charge in [-0.05, 0) is 13.0 Å². The van der Waals surface area contributed by atoms with E-state index in [0.717, 1.165) is 31.2 Å². The Kier molecular flexibility index (Phi) is 4.54. The fourth-order valence-electron chi connectivity index (χ4n) is 1.13. The first-order valence-electron chi connectivity index (χ1n) is 5.01. The van der Waals surface area contributed by atoms with Crippen LogP contribution in [0.25, 0.3) is 0 Å². The van der Waals surface area contributed by atoms with Gasteiger partial charge in [0.25, 0.3) is 0 Å². The van der Waals surface area contributed by atoms with Crippen LogP contribution in [0.5, 0.6) is 0 Å². The van der Waals surface area contributed by atoms with Crippen molar-refractivity contribution in [1.29, 1.82) is 0 Å². The van der Waals surface area contributed by atoms with E-state index < -0.39 is 0 Å². The molecular weight excluding hydrogens is 164 g/mol. The second kappa shape index (κ2) is 5.75. The van der Waals surface area contributed by atoms with E-state index in [9.17, 15) is 0 Å². The SMILES string of the molecule is CCCCc1cnc(CNCC)o1. The minimum atomic E-state index is 0.739. The van der Waals surface area contributed by atoms with E-state index in [-0.39, 0.29) is 0 Å². The van der Waals surface area contributed by atoms with Gasteiger partial charge < -0.3 is 9.73 Å². The van der Waals surface area contributed by atoms with Gasteiger partial charge in [0.15, 0.2) is 0 Å². The van der Waals surface area contributed by atoms with E-state index in [1.165, 1.54) is 12.8 Å². The lowest BCUT2D eigenvalue weighted by molar-refractivity contribution is 0.434.